The lowest BCUT2D eigenvalue weighted by atomic mass is 10.1. The van der Waals surface area contributed by atoms with Crippen molar-refractivity contribution in [2.45, 2.75) is 13.3 Å². The lowest BCUT2D eigenvalue weighted by Gasteiger charge is -2.18. The molecule has 1 N–H and O–H groups in total. The number of aromatic nitrogens is 1. The fraction of sp³-hybridized carbons (Fsp3) is 0.583. The summed E-state index contributed by atoms with van der Waals surface area (Å²) < 4.78 is 0. The van der Waals surface area contributed by atoms with E-state index in [1.54, 1.807) is 0 Å². The molecule has 3 nitrogen and oxygen atoms in total. The average molecular weight is 205 g/mol. The monoisotopic (exact) mass is 205 g/mol. The Hall–Kier alpha value is -1.09. The summed E-state index contributed by atoms with van der Waals surface area (Å²) in [7, 11) is 2.02. The summed E-state index contributed by atoms with van der Waals surface area (Å²) in [6.07, 6.45) is 5.16. The largest absolute Gasteiger partial charge is 0.370 e. The van der Waals surface area contributed by atoms with Crippen LogP contribution in [-0.4, -0.2) is 31.7 Å². The third-order valence-corrected chi connectivity index (χ3v) is 3.00. The molecule has 1 aliphatic heterocycles. The Morgan fingerprint density at radius 3 is 3.13 bits per heavy atom. The van der Waals surface area contributed by atoms with E-state index in [0.29, 0.717) is 0 Å². The molecule has 0 saturated carbocycles. The molecule has 1 fully saturated rings. The predicted octanol–water partition coefficient (Wildman–Crippen LogP) is 1.44. The second-order valence-corrected chi connectivity index (χ2v) is 4.38. The zero-order chi connectivity index (χ0) is 10.7. The lowest BCUT2D eigenvalue weighted by molar-refractivity contribution is 0.549. The van der Waals surface area contributed by atoms with Gasteiger partial charge in [-0.2, -0.15) is 0 Å². The molecular formula is C12H19N3. The first-order valence-corrected chi connectivity index (χ1v) is 5.61. The number of rotatable bonds is 3. The molecule has 2 rings (SSSR count). The highest BCUT2D eigenvalue weighted by atomic mass is 15.2. The lowest BCUT2D eigenvalue weighted by Crippen LogP contribution is -2.24. The predicted molar refractivity (Wildman–Crippen MR) is 63.2 cm³/mol. The van der Waals surface area contributed by atoms with Gasteiger partial charge in [-0.05, 0) is 44.5 Å². The van der Waals surface area contributed by atoms with Gasteiger partial charge in [0.2, 0.25) is 0 Å². The van der Waals surface area contributed by atoms with Gasteiger partial charge in [0.25, 0.3) is 0 Å². The molecule has 0 radical (unpaired) electrons. The van der Waals surface area contributed by atoms with Gasteiger partial charge < -0.3 is 10.2 Å². The van der Waals surface area contributed by atoms with Gasteiger partial charge in [-0.1, -0.05) is 0 Å². The number of nitrogens with one attached hydrogen (secondary N) is 1. The highest BCUT2D eigenvalue weighted by molar-refractivity contribution is 5.46. The zero-order valence-electron chi connectivity index (χ0n) is 9.53. The van der Waals surface area contributed by atoms with Crippen molar-refractivity contribution in [2.75, 3.05) is 31.6 Å². The van der Waals surface area contributed by atoms with Crippen molar-refractivity contribution in [3.05, 3.63) is 24.0 Å². The summed E-state index contributed by atoms with van der Waals surface area (Å²) in [5.74, 6) is 0.788. The molecule has 1 atom stereocenters. The summed E-state index contributed by atoms with van der Waals surface area (Å²) in [6.45, 7) is 5.54. The molecule has 0 aliphatic carbocycles. The molecule has 0 bridgehead atoms. The van der Waals surface area contributed by atoms with Gasteiger partial charge in [0.15, 0.2) is 0 Å². The van der Waals surface area contributed by atoms with E-state index in [0.717, 1.165) is 25.6 Å². The molecule has 0 amide bonds. The summed E-state index contributed by atoms with van der Waals surface area (Å²) in [4.78, 5) is 6.68. The van der Waals surface area contributed by atoms with Crippen LogP contribution in [0.25, 0.3) is 0 Å². The third kappa shape index (κ3) is 2.48. The maximum atomic E-state index is 4.24. The van der Waals surface area contributed by atoms with Gasteiger partial charge in [0.05, 0.1) is 11.9 Å². The van der Waals surface area contributed by atoms with Gasteiger partial charge in [0, 0.05) is 19.3 Å². The minimum Gasteiger partial charge on any atom is -0.370 e. The van der Waals surface area contributed by atoms with Crippen LogP contribution in [0.15, 0.2) is 18.5 Å². The Morgan fingerprint density at radius 2 is 2.40 bits per heavy atom. The second kappa shape index (κ2) is 4.62. The van der Waals surface area contributed by atoms with Gasteiger partial charge in [-0.25, -0.2) is 0 Å². The fourth-order valence-electron chi connectivity index (χ4n) is 2.23. The maximum absolute atomic E-state index is 4.24. The van der Waals surface area contributed by atoms with Crippen molar-refractivity contribution in [3.8, 4) is 0 Å². The van der Waals surface area contributed by atoms with Crippen LogP contribution in [0.5, 0.6) is 0 Å². The van der Waals surface area contributed by atoms with E-state index in [1.807, 2.05) is 19.4 Å². The molecule has 1 aromatic heterocycles. The van der Waals surface area contributed by atoms with Crippen molar-refractivity contribution in [1.29, 1.82) is 0 Å². The molecule has 1 aromatic rings. The van der Waals surface area contributed by atoms with Crippen molar-refractivity contribution in [2.24, 2.45) is 5.92 Å². The minimum absolute atomic E-state index is 0.788. The smallest absolute Gasteiger partial charge is 0.0555 e. The quantitative estimate of drug-likeness (QED) is 0.809. The highest BCUT2D eigenvalue weighted by Crippen LogP contribution is 2.23. The van der Waals surface area contributed by atoms with E-state index in [-0.39, 0.29) is 0 Å². The van der Waals surface area contributed by atoms with Crippen LogP contribution in [-0.2, 0) is 0 Å². The maximum Gasteiger partial charge on any atom is 0.0555 e. The molecular weight excluding hydrogens is 186 g/mol. The topological polar surface area (TPSA) is 28.2 Å². The van der Waals surface area contributed by atoms with Crippen LogP contribution in [0.2, 0.25) is 0 Å². The van der Waals surface area contributed by atoms with E-state index < -0.39 is 0 Å². The Bertz CT molecular complexity index is 324. The van der Waals surface area contributed by atoms with E-state index in [2.05, 4.69) is 28.2 Å². The first-order chi connectivity index (χ1) is 7.29. The number of hydrogen-bond acceptors (Lipinski definition) is 3. The Kier molecular flexibility index (Phi) is 3.21. The second-order valence-electron chi connectivity index (χ2n) is 4.38. The molecule has 0 spiro atoms. The molecule has 1 saturated heterocycles. The molecule has 15 heavy (non-hydrogen) atoms. The van der Waals surface area contributed by atoms with Crippen LogP contribution in [0.1, 0.15) is 12.0 Å². The number of hydrogen-bond donors (Lipinski definition) is 1. The summed E-state index contributed by atoms with van der Waals surface area (Å²) >= 11 is 0. The fourth-order valence-corrected chi connectivity index (χ4v) is 2.23. The Labute approximate surface area is 91.5 Å². The molecule has 82 valence electrons. The SMILES string of the molecule is CNCC1CCN(c2cncc(C)c2)C1. The summed E-state index contributed by atoms with van der Waals surface area (Å²) in [5.41, 5.74) is 2.51. The van der Waals surface area contributed by atoms with Gasteiger partial charge >= 0.3 is 0 Å². The van der Waals surface area contributed by atoms with Crippen molar-refractivity contribution >= 4 is 5.69 Å². The molecule has 2 heterocycles. The van der Waals surface area contributed by atoms with Gasteiger partial charge in [-0.15, -0.1) is 0 Å². The highest BCUT2D eigenvalue weighted by Gasteiger charge is 2.21. The average Bonchev–Trinajstić information content (AvgIpc) is 2.67. The standard InChI is InChI=1S/C12H19N3/c1-10-5-12(8-14-6-10)15-4-3-11(9-15)7-13-2/h5-6,8,11,13H,3-4,7,9H2,1-2H3. The molecule has 3 heteroatoms. The number of pyridine rings is 1. The summed E-state index contributed by atoms with van der Waals surface area (Å²) in [6, 6.07) is 2.22. The number of aryl methyl sites for hydroxylation is 1. The number of anilines is 1. The van der Waals surface area contributed by atoms with E-state index in [4.69, 9.17) is 0 Å². The third-order valence-electron chi connectivity index (χ3n) is 3.00. The molecule has 1 unspecified atom stereocenters. The molecule has 1 aliphatic rings. The van der Waals surface area contributed by atoms with Crippen LogP contribution in [0.4, 0.5) is 5.69 Å². The normalized spacial score (nSPS) is 20.9. The zero-order valence-corrected chi connectivity index (χ0v) is 9.53. The van der Waals surface area contributed by atoms with Crippen LogP contribution in [0.3, 0.4) is 0 Å². The van der Waals surface area contributed by atoms with Gasteiger partial charge in [0.1, 0.15) is 0 Å². The van der Waals surface area contributed by atoms with E-state index >= 15 is 0 Å². The first kappa shape index (κ1) is 10.4. The van der Waals surface area contributed by atoms with Crippen molar-refractivity contribution in [3.63, 3.8) is 0 Å². The van der Waals surface area contributed by atoms with Gasteiger partial charge in [-0.3, -0.25) is 4.98 Å². The van der Waals surface area contributed by atoms with Crippen molar-refractivity contribution < 1.29 is 0 Å². The van der Waals surface area contributed by atoms with Crippen molar-refractivity contribution in [1.82, 2.24) is 10.3 Å². The Morgan fingerprint density at radius 1 is 1.53 bits per heavy atom. The van der Waals surface area contributed by atoms with E-state index in [9.17, 15) is 0 Å². The van der Waals surface area contributed by atoms with Crippen LogP contribution < -0.4 is 10.2 Å². The molecule has 0 aromatic carbocycles. The minimum atomic E-state index is 0.788. The summed E-state index contributed by atoms with van der Waals surface area (Å²) in [5, 5.41) is 3.25. The van der Waals surface area contributed by atoms with Crippen LogP contribution >= 0.6 is 0 Å². The van der Waals surface area contributed by atoms with E-state index in [1.165, 1.54) is 17.7 Å². The van der Waals surface area contributed by atoms with Crippen LogP contribution in [0, 0.1) is 12.8 Å². The number of nitrogens with zero attached hydrogens (tertiary/aromatic N) is 2. The Balaban J connectivity index is 2.01. The first-order valence-electron chi connectivity index (χ1n) is 5.61.